The van der Waals surface area contributed by atoms with E-state index in [1.165, 1.54) is 0 Å². The number of nitrogens with zero attached hydrogens (tertiary/aromatic N) is 2. The molecule has 1 N–H and O–H groups in total. The van der Waals surface area contributed by atoms with E-state index in [0.717, 1.165) is 27.6 Å². The molecule has 0 saturated heterocycles. The molecule has 1 aromatic heterocycles. The van der Waals surface area contributed by atoms with E-state index in [9.17, 15) is 9.59 Å². The smallest absolute Gasteiger partial charge is 0.226 e. The lowest BCUT2D eigenvalue weighted by Crippen LogP contribution is -2.28. The number of fused-ring (bicyclic) bond motifs is 2. The minimum atomic E-state index is -0.595. The topological polar surface area (TPSA) is 64.0 Å². The van der Waals surface area contributed by atoms with Gasteiger partial charge >= 0.3 is 0 Å². The van der Waals surface area contributed by atoms with Crippen LogP contribution in [0.15, 0.2) is 60.7 Å². The van der Waals surface area contributed by atoms with Gasteiger partial charge in [0.15, 0.2) is 5.78 Å². The van der Waals surface area contributed by atoms with Gasteiger partial charge in [0.1, 0.15) is 5.82 Å². The van der Waals surface area contributed by atoms with Gasteiger partial charge in [0.2, 0.25) is 5.91 Å². The number of benzene rings is 3. The first-order valence-corrected chi connectivity index (χ1v) is 10.5. The fraction of sp³-hybridized carbons (Fsp3) is 0.160. The number of rotatable bonds is 3. The highest BCUT2D eigenvalue weighted by atomic mass is 35.5. The van der Waals surface area contributed by atoms with Crippen molar-refractivity contribution in [3.8, 4) is 5.69 Å². The highest BCUT2D eigenvalue weighted by Crippen LogP contribution is 2.40. The summed E-state index contributed by atoms with van der Waals surface area (Å²) in [6.45, 7) is 3.78. The van der Waals surface area contributed by atoms with Crippen molar-refractivity contribution in [1.82, 2.24) is 9.78 Å². The maximum absolute atomic E-state index is 13.7. The predicted octanol–water partition coefficient (Wildman–Crippen LogP) is 5.60. The zero-order valence-corrected chi connectivity index (χ0v) is 17.9. The van der Waals surface area contributed by atoms with Crippen molar-refractivity contribution < 1.29 is 9.59 Å². The Hall–Kier alpha value is -3.44. The summed E-state index contributed by atoms with van der Waals surface area (Å²) < 4.78 is 1.69. The average molecular weight is 430 g/mol. The number of aromatic nitrogens is 2. The average Bonchev–Trinajstić information content (AvgIpc) is 3.10. The van der Waals surface area contributed by atoms with Gasteiger partial charge in [-0.1, -0.05) is 60.1 Å². The maximum Gasteiger partial charge on any atom is 0.226 e. The van der Waals surface area contributed by atoms with Crippen molar-refractivity contribution in [1.29, 1.82) is 0 Å². The van der Waals surface area contributed by atoms with Crippen LogP contribution >= 0.6 is 11.6 Å². The zero-order valence-electron chi connectivity index (χ0n) is 17.1. The Morgan fingerprint density at radius 1 is 1.06 bits per heavy atom. The van der Waals surface area contributed by atoms with E-state index in [1.807, 2.05) is 74.5 Å². The van der Waals surface area contributed by atoms with Crippen molar-refractivity contribution in [2.24, 2.45) is 0 Å². The van der Waals surface area contributed by atoms with Gasteiger partial charge in [-0.25, -0.2) is 4.68 Å². The lowest BCUT2D eigenvalue weighted by molar-refractivity contribution is -0.116. The molecule has 1 aliphatic heterocycles. The minimum absolute atomic E-state index is 0.0710. The summed E-state index contributed by atoms with van der Waals surface area (Å²) in [7, 11) is 0. The van der Waals surface area contributed by atoms with Gasteiger partial charge < -0.3 is 5.32 Å². The highest BCUT2D eigenvalue weighted by molar-refractivity contribution is 6.31. The molecule has 1 aliphatic rings. The Labute approximate surface area is 184 Å². The second kappa shape index (κ2) is 7.36. The van der Waals surface area contributed by atoms with Gasteiger partial charge in [0, 0.05) is 22.6 Å². The third-order valence-electron chi connectivity index (χ3n) is 5.94. The monoisotopic (exact) mass is 429 g/mol. The van der Waals surface area contributed by atoms with E-state index in [-0.39, 0.29) is 18.1 Å². The molecule has 31 heavy (non-hydrogen) atoms. The Morgan fingerprint density at radius 2 is 1.81 bits per heavy atom. The molecule has 5 nitrogen and oxygen atoms in total. The van der Waals surface area contributed by atoms with E-state index in [0.29, 0.717) is 22.1 Å². The van der Waals surface area contributed by atoms with Gasteiger partial charge in [-0.15, -0.1) is 0 Å². The van der Waals surface area contributed by atoms with Gasteiger partial charge in [0.25, 0.3) is 0 Å². The number of anilines is 1. The quantitative estimate of drug-likeness (QED) is 0.431. The number of aryl methyl sites for hydroxylation is 1. The number of nitrogens with one attached hydrogen (secondary N) is 1. The molecule has 0 fully saturated rings. The Morgan fingerprint density at radius 3 is 2.65 bits per heavy atom. The molecule has 0 bridgehead atoms. The Bertz CT molecular complexity index is 1370. The van der Waals surface area contributed by atoms with Gasteiger partial charge in [-0.3, -0.25) is 9.59 Å². The number of carbonyl (C=O) groups excluding carboxylic acids is 2. The fourth-order valence-corrected chi connectivity index (χ4v) is 4.57. The summed E-state index contributed by atoms with van der Waals surface area (Å²) >= 11 is 6.31. The fourth-order valence-electron chi connectivity index (χ4n) is 4.40. The van der Waals surface area contributed by atoms with Crippen LogP contribution in [0.25, 0.3) is 16.5 Å². The molecule has 2 heterocycles. The second-order valence-electron chi connectivity index (χ2n) is 7.84. The summed E-state index contributed by atoms with van der Waals surface area (Å²) in [5, 5.41) is 10.1. The molecule has 0 saturated carbocycles. The molecule has 0 unspecified atom stereocenters. The minimum Gasteiger partial charge on any atom is -0.310 e. The Kier molecular flexibility index (Phi) is 4.63. The molecule has 0 radical (unpaired) electrons. The first kappa shape index (κ1) is 19.5. The molecule has 1 amide bonds. The van der Waals surface area contributed by atoms with Crippen molar-refractivity contribution >= 4 is 39.9 Å². The number of hydrogen-bond acceptors (Lipinski definition) is 3. The predicted molar refractivity (Wildman–Crippen MR) is 122 cm³/mol. The summed E-state index contributed by atoms with van der Waals surface area (Å²) in [6.07, 6.45) is 0.0934. The molecule has 154 valence electrons. The lowest BCUT2D eigenvalue weighted by atomic mass is 9.84. The third-order valence-corrected chi connectivity index (χ3v) is 6.35. The number of carbonyl (C=O) groups is 2. The van der Waals surface area contributed by atoms with Crippen LogP contribution in [0.4, 0.5) is 5.82 Å². The standard InChI is InChI=1S/C25H20ClN3O2/c1-14-20(26)11-6-12-21(14)29-25-23(15(2)28-29)19(13-22(30)27-25)24(31)18-10-5-8-16-7-3-4-9-17(16)18/h3-12,19H,13H2,1-2H3,(H,27,30)/t19-/m0/s1. The Balaban J connectivity index is 1.67. The number of ketones is 1. The van der Waals surface area contributed by atoms with Crippen LogP contribution in [-0.2, 0) is 4.79 Å². The van der Waals surface area contributed by atoms with Gasteiger partial charge in [-0.05, 0) is 42.3 Å². The van der Waals surface area contributed by atoms with Crippen LogP contribution in [0.1, 0.15) is 39.5 Å². The molecule has 0 spiro atoms. The molecular formula is C25H20ClN3O2. The van der Waals surface area contributed by atoms with Crippen molar-refractivity contribution in [3.63, 3.8) is 0 Å². The van der Waals surface area contributed by atoms with E-state index < -0.39 is 5.92 Å². The summed E-state index contributed by atoms with van der Waals surface area (Å²) in [5.41, 5.74) is 3.72. The molecule has 0 aliphatic carbocycles. The summed E-state index contributed by atoms with van der Waals surface area (Å²) in [4.78, 5) is 26.4. The summed E-state index contributed by atoms with van der Waals surface area (Å²) in [5.74, 6) is -0.328. The van der Waals surface area contributed by atoms with Crippen LogP contribution in [0.5, 0.6) is 0 Å². The molecule has 4 aromatic rings. The zero-order chi connectivity index (χ0) is 21.7. The van der Waals surface area contributed by atoms with E-state index >= 15 is 0 Å². The van der Waals surface area contributed by atoms with E-state index in [2.05, 4.69) is 10.4 Å². The number of Topliss-reactive ketones (excluding diaryl/α,β-unsaturated/α-hetero) is 1. The van der Waals surface area contributed by atoms with Gasteiger partial charge in [0.05, 0.1) is 17.3 Å². The first-order chi connectivity index (χ1) is 15.0. The molecular weight excluding hydrogens is 410 g/mol. The maximum atomic E-state index is 13.7. The van der Waals surface area contributed by atoms with Crippen LogP contribution in [-0.4, -0.2) is 21.5 Å². The molecule has 5 rings (SSSR count). The first-order valence-electron chi connectivity index (χ1n) is 10.1. The van der Waals surface area contributed by atoms with Crippen molar-refractivity contribution in [2.45, 2.75) is 26.2 Å². The van der Waals surface area contributed by atoms with Crippen LogP contribution < -0.4 is 5.32 Å². The normalized spacial score (nSPS) is 15.6. The number of hydrogen-bond donors (Lipinski definition) is 1. The van der Waals surface area contributed by atoms with Crippen LogP contribution in [0.3, 0.4) is 0 Å². The molecule has 6 heteroatoms. The van der Waals surface area contributed by atoms with E-state index in [1.54, 1.807) is 4.68 Å². The van der Waals surface area contributed by atoms with E-state index in [4.69, 9.17) is 11.6 Å². The van der Waals surface area contributed by atoms with Crippen LogP contribution in [0.2, 0.25) is 5.02 Å². The second-order valence-corrected chi connectivity index (χ2v) is 8.25. The van der Waals surface area contributed by atoms with Crippen molar-refractivity contribution in [2.75, 3.05) is 5.32 Å². The third kappa shape index (κ3) is 3.13. The van der Waals surface area contributed by atoms with Gasteiger partial charge in [-0.2, -0.15) is 5.10 Å². The largest absolute Gasteiger partial charge is 0.310 e. The van der Waals surface area contributed by atoms with Crippen molar-refractivity contribution in [3.05, 3.63) is 88.1 Å². The SMILES string of the molecule is Cc1nn(-c2cccc(Cl)c2C)c2c1[C@@H](C(=O)c1cccc3ccccc13)CC(=O)N2. The highest BCUT2D eigenvalue weighted by Gasteiger charge is 2.37. The lowest BCUT2D eigenvalue weighted by Gasteiger charge is -2.24. The number of amides is 1. The summed E-state index contributed by atoms with van der Waals surface area (Å²) in [6, 6.07) is 19.0. The van der Waals surface area contributed by atoms with Crippen LogP contribution in [0, 0.1) is 13.8 Å². The number of halogens is 1. The molecule has 1 atom stereocenters. The molecule has 3 aromatic carbocycles.